The summed E-state index contributed by atoms with van der Waals surface area (Å²) in [6.45, 7) is 3.41. The molecular weight excluding hydrogens is 260 g/mol. The Hall–Kier alpha value is -1.30. The van der Waals surface area contributed by atoms with Gasteiger partial charge in [0.25, 0.3) is 0 Å². The molecule has 0 aromatic heterocycles. The Morgan fingerprint density at radius 2 is 2.00 bits per heavy atom. The number of amides is 1. The van der Waals surface area contributed by atoms with Gasteiger partial charge in [0.05, 0.1) is 12.5 Å². The highest BCUT2D eigenvalue weighted by Gasteiger charge is 2.36. The second-order valence-electron chi connectivity index (χ2n) is 5.72. The van der Waals surface area contributed by atoms with Crippen molar-refractivity contribution in [2.24, 2.45) is 5.92 Å². The van der Waals surface area contributed by atoms with Crippen LogP contribution in [0.2, 0.25) is 0 Å². The molecule has 0 spiro atoms. The van der Waals surface area contributed by atoms with E-state index >= 15 is 0 Å². The standard InChI is InChI=1S/C14H24N2O4/c1-2-20-14(19)15-11-7-10(13(17)18)8-16(9-11)12-5-3-4-6-12/h10-12H,2-9H2,1H3,(H,15,19)(H,17,18). The largest absolute Gasteiger partial charge is 0.481 e. The van der Waals surface area contributed by atoms with E-state index in [-0.39, 0.29) is 6.04 Å². The van der Waals surface area contributed by atoms with E-state index < -0.39 is 18.0 Å². The average Bonchev–Trinajstić information content (AvgIpc) is 2.92. The maximum atomic E-state index is 11.5. The highest BCUT2D eigenvalue weighted by atomic mass is 16.5. The van der Waals surface area contributed by atoms with Crippen molar-refractivity contribution in [3.05, 3.63) is 0 Å². The first kappa shape index (κ1) is 15.1. The Labute approximate surface area is 119 Å². The summed E-state index contributed by atoms with van der Waals surface area (Å²) in [5.74, 6) is -1.18. The SMILES string of the molecule is CCOC(=O)NC1CC(C(=O)O)CN(C2CCCC2)C1. The van der Waals surface area contributed by atoms with Gasteiger partial charge in [0.15, 0.2) is 0 Å². The number of hydrogen-bond donors (Lipinski definition) is 2. The van der Waals surface area contributed by atoms with Crippen LogP contribution in [0.5, 0.6) is 0 Å². The lowest BCUT2D eigenvalue weighted by molar-refractivity contribution is -0.144. The molecule has 0 aromatic carbocycles. The van der Waals surface area contributed by atoms with E-state index in [1.807, 2.05) is 0 Å². The number of piperidine rings is 1. The summed E-state index contributed by atoms with van der Waals surface area (Å²) in [6, 6.07) is 0.341. The number of carbonyl (C=O) groups is 2. The van der Waals surface area contributed by atoms with E-state index in [1.165, 1.54) is 12.8 Å². The lowest BCUT2D eigenvalue weighted by atomic mass is 9.93. The molecule has 2 rings (SSSR count). The van der Waals surface area contributed by atoms with Crippen molar-refractivity contribution in [1.29, 1.82) is 0 Å². The zero-order valence-electron chi connectivity index (χ0n) is 12.0. The molecule has 114 valence electrons. The number of rotatable bonds is 4. The molecule has 0 aromatic rings. The smallest absolute Gasteiger partial charge is 0.407 e. The normalized spacial score (nSPS) is 28.2. The summed E-state index contributed by atoms with van der Waals surface area (Å²) in [5, 5.41) is 12.1. The topological polar surface area (TPSA) is 78.9 Å². The number of carboxylic acids is 1. The van der Waals surface area contributed by atoms with E-state index in [9.17, 15) is 14.7 Å². The number of carbonyl (C=O) groups excluding carboxylic acids is 1. The molecule has 20 heavy (non-hydrogen) atoms. The second kappa shape index (κ2) is 6.92. The van der Waals surface area contributed by atoms with Gasteiger partial charge in [-0.15, -0.1) is 0 Å². The van der Waals surface area contributed by atoms with Crippen LogP contribution in [-0.4, -0.2) is 53.8 Å². The van der Waals surface area contributed by atoms with E-state index in [0.717, 1.165) is 19.4 Å². The van der Waals surface area contributed by atoms with Crippen molar-refractivity contribution in [3.63, 3.8) is 0 Å². The molecule has 6 heteroatoms. The van der Waals surface area contributed by atoms with Crippen molar-refractivity contribution in [3.8, 4) is 0 Å². The predicted molar refractivity (Wildman–Crippen MR) is 73.5 cm³/mol. The molecule has 1 saturated carbocycles. The number of hydrogen-bond acceptors (Lipinski definition) is 4. The van der Waals surface area contributed by atoms with E-state index in [0.29, 0.717) is 25.6 Å². The summed E-state index contributed by atoms with van der Waals surface area (Å²) in [4.78, 5) is 25.1. The van der Waals surface area contributed by atoms with Crippen LogP contribution >= 0.6 is 0 Å². The number of alkyl carbamates (subject to hydrolysis) is 1. The number of carboxylic acid groups (broad SMARTS) is 1. The number of nitrogens with one attached hydrogen (secondary N) is 1. The minimum Gasteiger partial charge on any atom is -0.481 e. The lowest BCUT2D eigenvalue weighted by Gasteiger charge is -2.39. The van der Waals surface area contributed by atoms with Gasteiger partial charge in [0.1, 0.15) is 0 Å². The molecule has 6 nitrogen and oxygen atoms in total. The first-order valence-corrected chi connectivity index (χ1v) is 7.50. The highest BCUT2D eigenvalue weighted by molar-refractivity contribution is 5.71. The molecule has 0 radical (unpaired) electrons. The third-order valence-corrected chi connectivity index (χ3v) is 4.27. The Balaban J connectivity index is 1.96. The molecule has 2 aliphatic rings. The van der Waals surface area contributed by atoms with Gasteiger partial charge in [-0.05, 0) is 26.2 Å². The average molecular weight is 284 g/mol. The van der Waals surface area contributed by atoms with Gasteiger partial charge in [-0.25, -0.2) is 4.79 Å². The van der Waals surface area contributed by atoms with Crippen LogP contribution in [0.3, 0.4) is 0 Å². The fourth-order valence-corrected chi connectivity index (χ4v) is 3.32. The van der Waals surface area contributed by atoms with E-state index in [2.05, 4.69) is 10.2 Å². The van der Waals surface area contributed by atoms with Crippen molar-refractivity contribution < 1.29 is 19.4 Å². The molecule has 2 fully saturated rings. The van der Waals surface area contributed by atoms with Crippen molar-refractivity contribution in [2.45, 2.75) is 51.1 Å². The van der Waals surface area contributed by atoms with Crippen LogP contribution < -0.4 is 5.32 Å². The Morgan fingerprint density at radius 3 is 2.60 bits per heavy atom. The molecule has 0 bridgehead atoms. The van der Waals surface area contributed by atoms with Gasteiger partial charge >= 0.3 is 12.1 Å². The zero-order chi connectivity index (χ0) is 14.5. The van der Waals surface area contributed by atoms with E-state index in [1.54, 1.807) is 6.92 Å². The lowest BCUT2D eigenvalue weighted by Crippen LogP contribution is -2.54. The number of ether oxygens (including phenoxy) is 1. The Bertz CT molecular complexity index is 355. The van der Waals surface area contributed by atoms with Gasteiger partial charge in [-0.3, -0.25) is 9.69 Å². The number of aliphatic carboxylic acids is 1. The predicted octanol–water partition coefficient (Wildman–Crippen LogP) is 1.45. The summed E-state index contributed by atoms with van der Waals surface area (Å²) in [5.41, 5.74) is 0. The van der Waals surface area contributed by atoms with Crippen molar-refractivity contribution >= 4 is 12.1 Å². The van der Waals surface area contributed by atoms with Crippen LogP contribution in [-0.2, 0) is 9.53 Å². The van der Waals surface area contributed by atoms with Crippen LogP contribution in [0.1, 0.15) is 39.0 Å². The Morgan fingerprint density at radius 1 is 1.30 bits per heavy atom. The molecule has 2 unspecified atom stereocenters. The minimum atomic E-state index is -0.775. The van der Waals surface area contributed by atoms with E-state index in [4.69, 9.17) is 4.74 Å². The first-order chi connectivity index (χ1) is 9.60. The molecule has 2 N–H and O–H groups in total. The Kier molecular flexibility index (Phi) is 5.23. The molecule has 1 amide bonds. The molecule has 1 heterocycles. The molecule has 1 aliphatic heterocycles. The molecule has 1 aliphatic carbocycles. The van der Waals surface area contributed by atoms with Gasteiger partial charge in [0, 0.05) is 25.2 Å². The summed E-state index contributed by atoms with van der Waals surface area (Å²) in [7, 11) is 0. The molecule has 2 atom stereocenters. The molecular formula is C14H24N2O4. The zero-order valence-corrected chi connectivity index (χ0v) is 12.0. The van der Waals surface area contributed by atoms with Crippen molar-refractivity contribution in [2.75, 3.05) is 19.7 Å². The highest BCUT2D eigenvalue weighted by Crippen LogP contribution is 2.28. The summed E-state index contributed by atoms with van der Waals surface area (Å²) in [6.07, 6.45) is 4.74. The monoisotopic (exact) mass is 284 g/mol. The molecule has 1 saturated heterocycles. The maximum absolute atomic E-state index is 11.5. The van der Waals surface area contributed by atoms with Gasteiger partial charge in [-0.1, -0.05) is 12.8 Å². The summed E-state index contributed by atoms with van der Waals surface area (Å²) >= 11 is 0. The minimum absolute atomic E-state index is 0.135. The second-order valence-corrected chi connectivity index (χ2v) is 5.72. The first-order valence-electron chi connectivity index (χ1n) is 7.50. The number of likely N-dealkylation sites (tertiary alicyclic amines) is 1. The fraction of sp³-hybridized carbons (Fsp3) is 0.857. The van der Waals surface area contributed by atoms with Gasteiger partial charge in [0.2, 0.25) is 0 Å². The van der Waals surface area contributed by atoms with Gasteiger partial charge in [-0.2, -0.15) is 0 Å². The fourth-order valence-electron chi connectivity index (χ4n) is 3.32. The van der Waals surface area contributed by atoms with Gasteiger partial charge < -0.3 is 15.2 Å². The van der Waals surface area contributed by atoms with Crippen LogP contribution in [0.25, 0.3) is 0 Å². The number of nitrogens with zero attached hydrogens (tertiary/aromatic N) is 1. The van der Waals surface area contributed by atoms with Crippen LogP contribution in [0, 0.1) is 5.92 Å². The summed E-state index contributed by atoms with van der Waals surface area (Å²) < 4.78 is 4.89. The van der Waals surface area contributed by atoms with Crippen molar-refractivity contribution in [1.82, 2.24) is 10.2 Å². The third kappa shape index (κ3) is 3.85. The third-order valence-electron chi connectivity index (χ3n) is 4.27. The maximum Gasteiger partial charge on any atom is 0.407 e. The van der Waals surface area contributed by atoms with Crippen LogP contribution in [0.4, 0.5) is 4.79 Å². The van der Waals surface area contributed by atoms with Crippen LogP contribution in [0.15, 0.2) is 0 Å². The quantitative estimate of drug-likeness (QED) is 0.817.